The Balaban J connectivity index is 1.70. The standard InChI is InChI=1S/C18H17ClN4O/c1-12-7-15(5-6-20-12)22-11-16-4-3-13(9-21-16)14-8-17(19)18(24-2)23-10-14/h3-10H,11H2,1-2H3,(H,20,22). The largest absolute Gasteiger partial charge is 0.480 e. The van der Waals surface area contributed by atoms with Crippen LogP contribution >= 0.6 is 11.6 Å². The van der Waals surface area contributed by atoms with Gasteiger partial charge >= 0.3 is 0 Å². The molecule has 3 heterocycles. The van der Waals surface area contributed by atoms with Crippen molar-refractivity contribution in [2.45, 2.75) is 13.5 Å². The first kappa shape index (κ1) is 16.2. The molecular formula is C18H17ClN4O. The van der Waals surface area contributed by atoms with Crippen LogP contribution in [0.25, 0.3) is 11.1 Å². The topological polar surface area (TPSA) is 59.9 Å². The molecule has 5 nitrogen and oxygen atoms in total. The number of anilines is 1. The average molecular weight is 341 g/mol. The van der Waals surface area contributed by atoms with Gasteiger partial charge in [-0.25, -0.2) is 4.98 Å². The van der Waals surface area contributed by atoms with Gasteiger partial charge in [-0.3, -0.25) is 9.97 Å². The summed E-state index contributed by atoms with van der Waals surface area (Å²) in [4.78, 5) is 12.8. The molecule has 0 saturated heterocycles. The molecular weight excluding hydrogens is 324 g/mol. The Morgan fingerprint density at radius 1 is 1.04 bits per heavy atom. The third kappa shape index (κ3) is 3.81. The molecule has 0 aromatic carbocycles. The minimum Gasteiger partial charge on any atom is -0.480 e. The molecule has 6 heteroatoms. The molecule has 0 amide bonds. The number of nitrogens with one attached hydrogen (secondary N) is 1. The van der Waals surface area contributed by atoms with Crippen LogP contribution in [0.2, 0.25) is 5.02 Å². The van der Waals surface area contributed by atoms with Crippen LogP contribution in [0.15, 0.2) is 48.9 Å². The van der Waals surface area contributed by atoms with Crippen LogP contribution in [0.4, 0.5) is 5.69 Å². The Labute approximate surface area is 145 Å². The Bertz CT molecular complexity index is 837. The van der Waals surface area contributed by atoms with Crippen molar-refractivity contribution in [2.75, 3.05) is 12.4 Å². The zero-order valence-corrected chi connectivity index (χ0v) is 14.2. The highest BCUT2D eigenvalue weighted by Gasteiger charge is 2.06. The van der Waals surface area contributed by atoms with Gasteiger partial charge in [0.1, 0.15) is 5.02 Å². The summed E-state index contributed by atoms with van der Waals surface area (Å²) in [5.74, 6) is 0.418. The molecule has 0 saturated carbocycles. The van der Waals surface area contributed by atoms with E-state index in [4.69, 9.17) is 16.3 Å². The number of ether oxygens (including phenoxy) is 1. The van der Waals surface area contributed by atoms with E-state index in [1.807, 2.05) is 43.5 Å². The van der Waals surface area contributed by atoms with Crippen molar-refractivity contribution in [1.82, 2.24) is 15.0 Å². The molecule has 1 N–H and O–H groups in total. The van der Waals surface area contributed by atoms with Gasteiger partial charge in [-0.2, -0.15) is 0 Å². The van der Waals surface area contributed by atoms with Crippen molar-refractivity contribution in [1.29, 1.82) is 0 Å². The SMILES string of the molecule is COc1ncc(-c2ccc(CNc3ccnc(C)c3)nc2)cc1Cl. The monoisotopic (exact) mass is 340 g/mol. The zero-order chi connectivity index (χ0) is 16.9. The molecule has 3 rings (SSSR count). The van der Waals surface area contributed by atoms with Gasteiger partial charge in [-0.15, -0.1) is 0 Å². The van der Waals surface area contributed by atoms with E-state index in [0.29, 0.717) is 17.4 Å². The van der Waals surface area contributed by atoms with Gasteiger partial charge in [0.05, 0.1) is 19.3 Å². The molecule has 0 aliphatic rings. The zero-order valence-electron chi connectivity index (χ0n) is 13.5. The van der Waals surface area contributed by atoms with Crippen LogP contribution in [-0.4, -0.2) is 22.1 Å². The molecule has 0 bridgehead atoms. The number of aromatic nitrogens is 3. The minimum absolute atomic E-state index is 0.418. The normalized spacial score (nSPS) is 10.5. The van der Waals surface area contributed by atoms with E-state index in [-0.39, 0.29) is 0 Å². The summed E-state index contributed by atoms with van der Waals surface area (Å²) in [6.07, 6.45) is 5.32. The number of nitrogens with zero attached hydrogens (tertiary/aromatic N) is 3. The number of rotatable bonds is 5. The number of pyridine rings is 3. The molecule has 24 heavy (non-hydrogen) atoms. The molecule has 0 aliphatic heterocycles. The van der Waals surface area contributed by atoms with Crippen molar-refractivity contribution in [3.05, 3.63) is 65.3 Å². The molecule has 122 valence electrons. The second-order valence-electron chi connectivity index (χ2n) is 5.29. The molecule has 3 aromatic heterocycles. The Morgan fingerprint density at radius 2 is 1.88 bits per heavy atom. The lowest BCUT2D eigenvalue weighted by molar-refractivity contribution is 0.398. The first-order valence-corrected chi connectivity index (χ1v) is 7.85. The second kappa shape index (κ2) is 7.27. The summed E-state index contributed by atoms with van der Waals surface area (Å²) in [6.45, 7) is 2.61. The third-order valence-corrected chi connectivity index (χ3v) is 3.80. The van der Waals surface area contributed by atoms with Gasteiger partial charge in [-0.1, -0.05) is 17.7 Å². The maximum absolute atomic E-state index is 6.12. The first-order chi connectivity index (χ1) is 11.7. The summed E-state index contributed by atoms with van der Waals surface area (Å²) >= 11 is 6.12. The smallest absolute Gasteiger partial charge is 0.232 e. The molecule has 0 unspecified atom stereocenters. The fraction of sp³-hybridized carbons (Fsp3) is 0.167. The van der Waals surface area contributed by atoms with Crippen molar-refractivity contribution in [3.63, 3.8) is 0 Å². The predicted molar refractivity (Wildman–Crippen MR) is 95.3 cm³/mol. The van der Waals surface area contributed by atoms with Gasteiger partial charge in [-0.05, 0) is 31.2 Å². The summed E-state index contributed by atoms with van der Waals surface area (Å²) in [7, 11) is 1.54. The number of hydrogen-bond acceptors (Lipinski definition) is 5. The Kier molecular flexibility index (Phi) is 4.91. The highest BCUT2D eigenvalue weighted by atomic mass is 35.5. The van der Waals surface area contributed by atoms with Crippen molar-refractivity contribution in [3.8, 4) is 17.0 Å². The predicted octanol–water partition coefficient (Wildman–Crippen LogP) is 4.12. The minimum atomic E-state index is 0.418. The van der Waals surface area contributed by atoms with E-state index in [1.54, 1.807) is 19.5 Å². The van der Waals surface area contributed by atoms with E-state index < -0.39 is 0 Å². The number of aryl methyl sites for hydroxylation is 1. The number of hydrogen-bond donors (Lipinski definition) is 1. The summed E-state index contributed by atoms with van der Waals surface area (Å²) in [5.41, 5.74) is 4.81. The Morgan fingerprint density at radius 3 is 2.54 bits per heavy atom. The molecule has 0 fully saturated rings. The van der Waals surface area contributed by atoms with E-state index in [0.717, 1.165) is 28.2 Å². The van der Waals surface area contributed by atoms with Crippen LogP contribution in [0.1, 0.15) is 11.4 Å². The summed E-state index contributed by atoms with van der Waals surface area (Å²) < 4.78 is 5.07. The quantitative estimate of drug-likeness (QED) is 0.757. The van der Waals surface area contributed by atoms with Crippen molar-refractivity contribution >= 4 is 17.3 Å². The van der Waals surface area contributed by atoms with Gasteiger partial charge in [0.15, 0.2) is 0 Å². The van der Waals surface area contributed by atoms with Crippen LogP contribution in [0, 0.1) is 6.92 Å². The highest BCUT2D eigenvalue weighted by molar-refractivity contribution is 6.32. The van der Waals surface area contributed by atoms with Crippen molar-refractivity contribution in [2.24, 2.45) is 0 Å². The number of methoxy groups -OCH3 is 1. The molecule has 0 radical (unpaired) electrons. The van der Waals surface area contributed by atoms with Gasteiger partial charge in [0, 0.05) is 41.1 Å². The van der Waals surface area contributed by atoms with Crippen molar-refractivity contribution < 1.29 is 4.74 Å². The second-order valence-corrected chi connectivity index (χ2v) is 5.70. The maximum Gasteiger partial charge on any atom is 0.232 e. The third-order valence-electron chi connectivity index (χ3n) is 3.53. The van der Waals surface area contributed by atoms with Gasteiger partial charge < -0.3 is 10.1 Å². The van der Waals surface area contributed by atoms with Gasteiger partial charge in [0.25, 0.3) is 0 Å². The summed E-state index contributed by atoms with van der Waals surface area (Å²) in [5, 5.41) is 3.81. The fourth-order valence-electron chi connectivity index (χ4n) is 2.28. The molecule has 0 spiro atoms. The van der Waals surface area contributed by atoms with Crippen LogP contribution in [0.5, 0.6) is 5.88 Å². The van der Waals surface area contributed by atoms with E-state index >= 15 is 0 Å². The van der Waals surface area contributed by atoms with E-state index in [1.165, 1.54) is 0 Å². The van der Waals surface area contributed by atoms with E-state index in [2.05, 4.69) is 20.3 Å². The molecule has 0 aliphatic carbocycles. The van der Waals surface area contributed by atoms with Crippen LogP contribution in [-0.2, 0) is 6.54 Å². The van der Waals surface area contributed by atoms with Gasteiger partial charge in [0.2, 0.25) is 5.88 Å². The van der Waals surface area contributed by atoms with E-state index in [9.17, 15) is 0 Å². The lowest BCUT2D eigenvalue weighted by Crippen LogP contribution is -2.02. The Hall–Kier alpha value is -2.66. The average Bonchev–Trinajstić information content (AvgIpc) is 2.60. The van der Waals surface area contributed by atoms with Crippen LogP contribution in [0.3, 0.4) is 0 Å². The van der Waals surface area contributed by atoms with Crippen LogP contribution < -0.4 is 10.1 Å². The highest BCUT2D eigenvalue weighted by Crippen LogP contribution is 2.27. The molecule has 3 aromatic rings. The number of halogens is 1. The lowest BCUT2D eigenvalue weighted by Gasteiger charge is -2.08. The lowest BCUT2D eigenvalue weighted by atomic mass is 10.1. The summed E-state index contributed by atoms with van der Waals surface area (Å²) in [6, 6.07) is 9.74. The molecule has 0 atom stereocenters. The maximum atomic E-state index is 6.12. The fourth-order valence-corrected chi connectivity index (χ4v) is 2.52. The first-order valence-electron chi connectivity index (χ1n) is 7.47.